The first-order valence-electron chi connectivity index (χ1n) is 9.90. The summed E-state index contributed by atoms with van der Waals surface area (Å²) in [5.74, 6) is 1.78. The fourth-order valence-corrected chi connectivity index (χ4v) is 3.13. The van der Waals surface area contributed by atoms with Crippen molar-refractivity contribution in [1.82, 2.24) is 15.5 Å². The normalized spacial score (nSPS) is 11.6. The Hall–Kier alpha value is -2.53. The molecule has 0 saturated carbocycles. The summed E-state index contributed by atoms with van der Waals surface area (Å²) in [4.78, 5) is 6.97. The average molecular weight is 383 g/mol. The second kappa shape index (κ2) is 11.3. The number of hydrogen-bond donors (Lipinski definition) is 2. The smallest absolute Gasteiger partial charge is 0.191 e. The lowest BCUT2D eigenvalue weighted by Gasteiger charge is -2.15. The summed E-state index contributed by atoms with van der Waals surface area (Å²) >= 11 is 0. The number of guanidine groups is 1. The second-order valence-electron chi connectivity index (χ2n) is 7.19. The molecule has 0 aromatic heterocycles. The van der Waals surface area contributed by atoms with Gasteiger partial charge < -0.3 is 20.3 Å². The number of methoxy groups -OCH3 is 1. The van der Waals surface area contributed by atoms with Gasteiger partial charge in [0.05, 0.1) is 13.7 Å². The number of aryl methyl sites for hydroxylation is 1. The van der Waals surface area contributed by atoms with E-state index in [1.807, 2.05) is 6.07 Å². The predicted molar refractivity (Wildman–Crippen MR) is 118 cm³/mol. The molecule has 0 unspecified atom stereocenters. The van der Waals surface area contributed by atoms with Crippen LogP contribution in [0.4, 0.5) is 0 Å². The minimum atomic E-state index is 0.660. The van der Waals surface area contributed by atoms with Crippen molar-refractivity contribution >= 4 is 5.96 Å². The summed E-state index contributed by atoms with van der Waals surface area (Å²) in [5, 5.41) is 6.78. The van der Waals surface area contributed by atoms with Gasteiger partial charge in [-0.15, -0.1) is 0 Å². The van der Waals surface area contributed by atoms with Crippen LogP contribution in [0, 0.1) is 6.92 Å². The summed E-state index contributed by atoms with van der Waals surface area (Å²) in [7, 11) is 5.90. The first kappa shape index (κ1) is 21.8. The van der Waals surface area contributed by atoms with Crippen molar-refractivity contribution in [2.45, 2.75) is 33.4 Å². The molecule has 0 aliphatic heterocycles. The molecule has 2 aromatic rings. The monoisotopic (exact) mass is 382 g/mol. The molecule has 5 heteroatoms. The summed E-state index contributed by atoms with van der Waals surface area (Å²) in [5.41, 5.74) is 5.03. The van der Waals surface area contributed by atoms with E-state index in [0.29, 0.717) is 6.54 Å². The molecular weight excluding hydrogens is 348 g/mol. The number of nitrogens with one attached hydrogen (secondary N) is 2. The molecule has 2 N–H and O–H groups in total. The van der Waals surface area contributed by atoms with Gasteiger partial charge in [0, 0.05) is 19.6 Å². The lowest BCUT2D eigenvalue weighted by atomic mass is 10.1. The molecule has 0 amide bonds. The van der Waals surface area contributed by atoms with Gasteiger partial charge in [0.2, 0.25) is 0 Å². The summed E-state index contributed by atoms with van der Waals surface area (Å²) in [6.07, 6.45) is 0.881. The Morgan fingerprint density at radius 2 is 1.79 bits per heavy atom. The van der Waals surface area contributed by atoms with E-state index in [9.17, 15) is 0 Å². The molecule has 5 nitrogen and oxygen atoms in total. The Balaban J connectivity index is 2.01. The third-order valence-electron chi connectivity index (χ3n) is 4.48. The molecular formula is C23H34N4O. The van der Waals surface area contributed by atoms with Gasteiger partial charge in [-0.3, -0.25) is 0 Å². The molecule has 0 aliphatic carbocycles. The average Bonchev–Trinajstić information content (AvgIpc) is 2.67. The molecule has 0 bridgehead atoms. The maximum Gasteiger partial charge on any atom is 0.191 e. The van der Waals surface area contributed by atoms with Crippen molar-refractivity contribution in [3.05, 3.63) is 64.7 Å². The number of benzene rings is 2. The van der Waals surface area contributed by atoms with Crippen LogP contribution in [0.25, 0.3) is 0 Å². The van der Waals surface area contributed by atoms with Crippen molar-refractivity contribution in [2.75, 3.05) is 34.3 Å². The third-order valence-corrected chi connectivity index (χ3v) is 4.48. The minimum absolute atomic E-state index is 0.660. The van der Waals surface area contributed by atoms with E-state index in [0.717, 1.165) is 37.8 Å². The highest BCUT2D eigenvalue weighted by Gasteiger charge is 2.06. The zero-order chi connectivity index (χ0) is 20.4. The van der Waals surface area contributed by atoms with Gasteiger partial charge in [0.15, 0.2) is 5.96 Å². The largest absolute Gasteiger partial charge is 0.496 e. The Kier molecular flexibility index (Phi) is 8.82. The van der Waals surface area contributed by atoms with Crippen LogP contribution in [0.15, 0.2) is 47.5 Å². The van der Waals surface area contributed by atoms with Crippen LogP contribution in [0.3, 0.4) is 0 Å². The molecule has 28 heavy (non-hydrogen) atoms. The number of rotatable bonds is 9. The lowest BCUT2D eigenvalue weighted by Crippen LogP contribution is -2.38. The first-order valence-corrected chi connectivity index (χ1v) is 9.90. The molecule has 152 valence electrons. The highest BCUT2D eigenvalue weighted by Crippen LogP contribution is 2.19. The second-order valence-corrected chi connectivity index (χ2v) is 7.19. The van der Waals surface area contributed by atoms with E-state index in [1.54, 1.807) is 7.11 Å². The van der Waals surface area contributed by atoms with Crippen LogP contribution in [-0.4, -0.2) is 45.2 Å². The molecule has 0 heterocycles. The molecule has 2 rings (SSSR count). The molecule has 0 atom stereocenters. The van der Waals surface area contributed by atoms with Crippen molar-refractivity contribution in [3.63, 3.8) is 0 Å². The quantitative estimate of drug-likeness (QED) is 0.516. The molecule has 0 fully saturated rings. The van der Waals surface area contributed by atoms with E-state index in [4.69, 9.17) is 9.73 Å². The Labute approximate surface area is 169 Å². The fraction of sp³-hybridized carbons (Fsp3) is 0.435. The van der Waals surface area contributed by atoms with E-state index in [1.165, 1.54) is 22.3 Å². The maximum absolute atomic E-state index is 5.48. The molecule has 0 spiro atoms. The number of aliphatic imine (C=N–C) groups is 1. The molecule has 0 saturated heterocycles. The zero-order valence-corrected chi connectivity index (χ0v) is 17.9. The fourth-order valence-electron chi connectivity index (χ4n) is 3.13. The maximum atomic E-state index is 5.48. The highest BCUT2D eigenvalue weighted by atomic mass is 16.5. The number of hydrogen-bond acceptors (Lipinski definition) is 3. The van der Waals surface area contributed by atoms with Crippen LogP contribution < -0.4 is 15.4 Å². The zero-order valence-electron chi connectivity index (χ0n) is 17.9. The Morgan fingerprint density at radius 1 is 1.04 bits per heavy atom. The summed E-state index contributed by atoms with van der Waals surface area (Å²) in [6.45, 7) is 7.40. The SMILES string of the molecule is CCNC(=NCc1ccccc1CN(C)C)NCCc1cc(C)ccc1OC. The van der Waals surface area contributed by atoms with Crippen LogP contribution in [0.5, 0.6) is 5.75 Å². The Morgan fingerprint density at radius 3 is 2.46 bits per heavy atom. The lowest BCUT2D eigenvalue weighted by molar-refractivity contribution is 0.401. The van der Waals surface area contributed by atoms with Crippen molar-refractivity contribution in [3.8, 4) is 5.75 Å². The standard InChI is InChI=1S/C23H34N4O/c1-6-24-23(25-14-13-19-15-18(2)11-12-22(19)28-5)26-16-20-9-7-8-10-21(20)17-27(3)4/h7-12,15H,6,13-14,16-17H2,1-5H3,(H2,24,25,26). The summed E-state index contributed by atoms with van der Waals surface area (Å²) in [6, 6.07) is 14.8. The van der Waals surface area contributed by atoms with Crippen LogP contribution in [0.1, 0.15) is 29.2 Å². The van der Waals surface area contributed by atoms with Crippen molar-refractivity contribution in [2.24, 2.45) is 4.99 Å². The molecule has 2 aromatic carbocycles. The predicted octanol–water partition coefficient (Wildman–Crippen LogP) is 3.36. The van der Waals surface area contributed by atoms with E-state index < -0.39 is 0 Å². The van der Waals surface area contributed by atoms with E-state index in [2.05, 4.69) is 79.9 Å². The topological polar surface area (TPSA) is 48.9 Å². The van der Waals surface area contributed by atoms with Crippen molar-refractivity contribution < 1.29 is 4.74 Å². The minimum Gasteiger partial charge on any atom is -0.496 e. The third kappa shape index (κ3) is 6.89. The van der Waals surface area contributed by atoms with Gasteiger partial charge in [-0.2, -0.15) is 0 Å². The van der Waals surface area contributed by atoms with Gasteiger partial charge in [-0.1, -0.05) is 42.0 Å². The van der Waals surface area contributed by atoms with Crippen LogP contribution >= 0.6 is 0 Å². The molecule has 0 aliphatic rings. The van der Waals surface area contributed by atoms with Gasteiger partial charge >= 0.3 is 0 Å². The van der Waals surface area contributed by atoms with Crippen molar-refractivity contribution in [1.29, 1.82) is 0 Å². The number of nitrogens with zero attached hydrogens (tertiary/aromatic N) is 2. The highest BCUT2D eigenvalue weighted by molar-refractivity contribution is 5.79. The molecule has 0 radical (unpaired) electrons. The van der Waals surface area contributed by atoms with Gasteiger partial charge in [0.25, 0.3) is 0 Å². The van der Waals surface area contributed by atoms with Gasteiger partial charge in [0.1, 0.15) is 5.75 Å². The van der Waals surface area contributed by atoms with E-state index in [-0.39, 0.29) is 0 Å². The number of ether oxygens (including phenoxy) is 1. The van der Waals surface area contributed by atoms with Gasteiger partial charge in [-0.05, 0) is 57.1 Å². The summed E-state index contributed by atoms with van der Waals surface area (Å²) < 4.78 is 5.48. The Bertz CT molecular complexity index is 771. The van der Waals surface area contributed by atoms with Gasteiger partial charge in [-0.25, -0.2) is 4.99 Å². The van der Waals surface area contributed by atoms with Crippen LogP contribution in [0.2, 0.25) is 0 Å². The van der Waals surface area contributed by atoms with Crippen LogP contribution in [-0.2, 0) is 19.5 Å². The van der Waals surface area contributed by atoms with E-state index >= 15 is 0 Å². The first-order chi connectivity index (χ1) is 13.5.